The van der Waals surface area contributed by atoms with E-state index in [1.165, 1.54) is 12.0 Å². The molecule has 0 bridgehead atoms. The van der Waals surface area contributed by atoms with Gasteiger partial charge in [0.05, 0.1) is 0 Å². The van der Waals surface area contributed by atoms with Crippen molar-refractivity contribution >= 4 is 0 Å². The van der Waals surface area contributed by atoms with Crippen molar-refractivity contribution in [2.24, 2.45) is 0 Å². The quantitative estimate of drug-likeness (QED) is 0.686. The molecule has 1 nitrogen and oxygen atoms in total. The Balaban J connectivity index is 1.70. The van der Waals surface area contributed by atoms with Gasteiger partial charge in [0.25, 0.3) is 0 Å². The summed E-state index contributed by atoms with van der Waals surface area (Å²) in [6, 6.07) is 16.6. The molecule has 0 fully saturated rings. The van der Waals surface area contributed by atoms with E-state index in [-0.39, 0.29) is 0 Å². The van der Waals surface area contributed by atoms with Gasteiger partial charge in [-0.3, -0.25) is 4.98 Å². The first kappa shape index (κ1) is 10.9. The molecular formula is C15H16N. The third kappa shape index (κ3) is 3.50. The van der Waals surface area contributed by atoms with Crippen LogP contribution in [0.5, 0.6) is 0 Å². The van der Waals surface area contributed by atoms with Gasteiger partial charge in [-0.05, 0) is 37.0 Å². The number of rotatable bonds is 5. The molecule has 1 heterocycles. The van der Waals surface area contributed by atoms with Gasteiger partial charge in [-0.2, -0.15) is 0 Å². The smallest absolute Gasteiger partial charge is 0.0441 e. The lowest BCUT2D eigenvalue weighted by Crippen LogP contribution is -1.89. The molecule has 1 aromatic carbocycles. The Hall–Kier alpha value is -1.63. The van der Waals surface area contributed by atoms with Crippen LogP contribution in [0.3, 0.4) is 0 Å². The van der Waals surface area contributed by atoms with Gasteiger partial charge in [0.1, 0.15) is 0 Å². The van der Waals surface area contributed by atoms with E-state index >= 15 is 0 Å². The predicted molar refractivity (Wildman–Crippen MR) is 67.0 cm³/mol. The standard InChI is InChI=1S/C15H16N/c1-2-8-14(9-3-1)10-4-5-11-15-12-6-7-13-16-15/h1-3,6-9,11-13H,4-5,10H2. The number of hydrogen-bond donors (Lipinski definition) is 0. The van der Waals surface area contributed by atoms with E-state index < -0.39 is 0 Å². The van der Waals surface area contributed by atoms with E-state index in [2.05, 4.69) is 41.7 Å². The maximum absolute atomic E-state index is 4.27. The van der Waals surface area contributed by atoms with Crippen molar-refractivity contribution in [2.75, 3.05) is 0 Å². The Labute approximate surface area is 97.2 Å². The van der Waals surface area contributed by atoms with Crippen LogP contribution in [0.1, 0.15) is 24.1 Å². The lowest BCUT2D eigenvalue weighted by atomic mass is 10.1. The highest BCUT2D eigenvalue weighted by Crippen LogP contribution is 2.08. The summed E-state index contributed by atoms with van der Waals surface area (Å²) in [6.45, 7) is 0. The fourth-order valence-corrected chi connectivity index (χ4v) is 1.70. The number of aromatic nitrogens is 1. The average Bonchev–Trinajstić information content (AvgIpc) is 2.37. The highest BCUT2D eigenvalue weighted by Gasteiger charge is 1.95. The monoisotopic (exact) mass is 210 g/mol. The van der Waals surface area contributed by atoms with Crippen LogP contribution in [-0.4, -0.2) is 4.98 Å². The first-order valence-electron chi connectivity index (χ1n) is 5.73. The van der Waals surface area contributed by atoms with Crippen molar-refractivity contribution < 1.29 is 0 Å². The number of aryl methyl sites for hydroxylation is 1. The van der Waals surface area contributed by atoms with Crippen LogP contribution in [0.4, 0.5) is 0 Å². The molecule has 1 heteroatoms. The number of hydrogen-bond acceptors (Lipinski definition) is 1. The highest BCUT2D eigenvalue weighted by molar-refractivity contribution is 5.15. The summed E-state index contributed by atoms with van der Waals surface area (Å²) in [5.41, 5.74) is 2.49. The van der Waals surface area contributed by atoms with Crippen molar-refractivity contribution in [3.63, 3.8) is 0 Å². The maximum Gasteiger partial charge on any atom is 0.0441 e. The van der Waals surface area contributed by atoms with Crippen molar-refractivity contribution in [1.29, 1.82) is 0 Å². The van der Waals surface area contributed by atoms with Gasteiger partial charge in [0, 0.05) is 18.3 Å². The second-order valence-electron chi connectivity index (χ2n) is 3.84. The highest BCUT2D eigenvalue weighted by atomic mass is 14.7. The Morgan fingerprint density at radius 3 is 2.50 bits per heavy atom. The van der Waals surface area contributed by atoms with Crippen LogP contribution < -0.4 is 0 Å². The zero-order valence-corrected chi connectivity index (χ0v) is 9.34. The number of pyridine rings is 1. The summed E-state index contributed by atoms with van der Waals surface area (Å²) < 4.78 is 0. The van der Waals surface area contributed by atoms with Crippen LogP contribution in [0, 0.1) is 6.42 Å². The minimum Gasteiger partial charge on any atom is -0.261 e. The molecular weight excluding hydrogens is 194 g/mol. The molecule has 2 rings (SSSR count). The minimum absolute atomic E-state index is 1.08. The minimum atomic E-state index is 1.08. The van der Waals surface area contributed by atoms with E-state index in [4.69, 9.17) is 0 Å². The molecule has 0 N–H and O–H groups in total. The second-order valence-corrected chi connectivity index (χ2v) is 3.84. The largest absolute Gasteiger partial charge is 0.261 e. The van der Waals surface area contributed by atoms with Crippen molar-refractivity contribution in [1.82, 2.24) is 4.98 Å². The SMILES string of the molecule is [CH](CCCc1ccccc1)c1ccccn1. The number of nitrogens with zero attached hydrogens (tertiary/aromatic N) is 1. The predicted octanol–water partition coefficient (Wildman–Crippen LogP) is 3.66. The summed E-state index contributed by atoms with van der Waals surface area (Å²) >= 11 is 0. The van der Waals surface area contributed by atoms with Gasteiger partial charge in [0.15, 0.2) is 0 Å². The lowest BCUT2D eigenvalue weighted by Gasteiger charge is -2.01. The van der Waals surface area contributed by atoms with Crippen LogP contribution in [0.25, 0.3) is 0 Å². The van der Waals surface area contributed by atoms with Gasteiger partial charge in [-0.15, -0.1) is 0 Å². The first-order chi connectivity index (χ1) is 7.95. The molecule has 0 unspecified atom stereocenters. The fourth-order valence-electron chi connectivity index (χ4n) is 1.70. The molecule has 0 amide bonds. The molecule has 81 valence electrons. The van der Waals surface area contributed by atoms with E-state index in [0.29, 0.717) is 0 Å². The molecule has 1 aromatic heterocycles. The molecule has 0 aliphatic carbocycles. The summed E-state index contributed by atoms with van der Waals surface area (Å²) in [5.74, 6) is 0. The molecule has 16 heavy (non-hydrogen) atoms. The van der Waals surface area contributed by atoms with E-state index in [9.17, 15) is 0 Å². The van der Waals surface area contributed by atoms with E-state index in [1.807, 2.05) is 24.4 Å². The molecule has 0 aliphatic heterocycles. The molecule has 0 saturated heterocycles. The number of benzene rings is 1. The van der Waals surface area contributed by atoms with Gasteiger partial charge < -0.3 is 0 Å². The molecule has 2 aromatic rings. The van der Waals surface area contributed by atoms with Gasteiger partial charge in [0.2, 0.25) is 0 Å². The summed E-state index contributed by atoms with van der Waals surface area (Å²) in [5, 5.41) is 0. The van der Waals surface area contributed by atoms with Gasteiger partial charge >= 0.3 is 0 Å². The molecule has 0 aliphatic rings. The Bertz CT molecular complexity index is 353. The van der Waals surface area contributed by atoms with Crippen LogP contribution in [-0.2, 0) is 6.42 Å². The third-order valence-corrected chi connectivity index (χ3v) is 2.55. The Morgan fingerprint density at radius 1 is 0.938 bits per heavy atom. The fraction of sp³-hybridized carbons (Fsp3) is 0.200. The molecule has 0 saturated carbocycles. The first-order valence-corrected chi connectivity index (χ1v) is 5.73. The summed E-state index contributed by atoms with van der Waals surface area (Å²) in [4.78, 5) is 4.27. The van der Waals surface area contributed by atoms with E-state index in [1.54, 1.807) is 0 Å². The van der Waals surface area contributed by atoms with Crippen molar-refractivity contribution in [3.05, 3.63) is 72.4 Å². The van der Waals surface area contributed by atoms with E-state index in [0.717, 1.165) is 18.5 Å². The Kier molecular flexibility index (Phi) is 4.12. The zero-order valence-electron chi connectivity index (χ0n) is 9.34. The number of unbranched alkanes of at least 4 members (excludes halogenated alkanes) is 1. The summed E-state index contributed by atoms with van der Waals surface area (Å²) in [6.07, 6.45) is 7.45. The summed E-state index contributed by atoms with van der Waals surface area (Å²) in [7, 11) is 0. The lowest BCUT2D eigenvalue weighted by molar-refractivity contribution is 0.810. The third-order valence-electron chi connectivity index (χ3n) is 2.55. The molecule has 0 spiro atoms. The Morgan fingerprint density at radius 2 is 1.75 bits per heavy atom. The van der Waals surface area contributed by atoms with Crippen molar-refractivity contribution in [2.45, 2.75) is 19.3 Å². The average molecular weight is 210 g/mol. The zero-order chi connectivity index (χ0) is 11.1. The normalized spacial score (nSPS) is 10.2. The van der Waals surface area contributed by atoms with Crippen LogP contribution in [0.15, 0.2) is 54.7 Å². The maximum atomic E-state index is 4.27. The van der Waals surface area contributed by atoms with Gasteiger partial charge in [-0.1, -0.05) is 36.4 Å². The molecule has 1 radical (unpaired) electrons. The topological polar surface area (TPSA) is 12.9 Å². The van der Waals surface area contributed by atoms with Gasteiger partial charge in [-0.25, -0.2) is 0 Å². The molecule has 0 atom stereocenters. The van der Waals surface area contributed by atoms with Crippen LogP contribution >= 0.6 is 0 Å². The van der Waals surface area contributed by atoms with Crippen molar-refractivity contribution in [3.8, 4) is 0 Å². The van der Waals surface area contributed by atoms with Crippen LogP contribution in [0.2, 0.25) is 0 Å². The second kappa shape index (κ2) is 6.06.